The maximum absolute atomic E-state index is 3.64. The van der Waals surface area contributed by atoms with E-state index >= 15 is 0 Å². The Morgan fingerprint density at radius 2 is 2.20 bits per heavy atom. The zero-order valence-corrected chi connectivity index (χ0v) is 10.5. The Labute approximate surface area is 95.3 Å². The Bertz CT molecular complexity index is 184. The van der Waals surface area contributed by atoms with Crippen molar-refractivity contribution < 1.29 is 0 Å². The number of hydrogen-bond donors (Lipinski definition) is 1. The third-order valence-corrected chi connectivity index (χ3v) is 3.45. The molecule has 1 aliphatic rings. The molecule has 1 atom stereocenters. The lowest BCUT2D eigenvalue weighted by atomic mass is 9.98. The van der Waals surface area contributed by atoms with Crippen molar-refractivity contribution in [2.45, 2.75) is 65.2 Å². The maximum Gasteiger partial charge on any atom is 0.0172 e. The molecule has 88 valence electrons. The Kier molecular flexibility index (Phi) is 6.54. The van der Waals surface area contributed by atoms with Crippen LogP contribution in [0.2, 0.25) is 0 Å². The van der Waals surface area contributed by atoms with E-state index in [9.17, 15) is 0 Å². The predicted octanol–water partition coefficient (Wildman–Crippen LogP) is 4.25. The van der Waals surface area contributed by atoms with E-state index in [0.717, 1.165) is 5.92 Å². The molecule has 1 nitrogen and oxygen atoms in total. The highest BCUT2D eigenvalue weighted by molar-refractivity contribution is 5.02. The second-order valence-electron chi connectivity index (χ2n) is 4.77. The second-order valence-corrected chi connectivity index (χ2v) is 4.77. The van der Waals surface area contributed by atoms with E-state index in [1.165, 1.54) is 63.6 Å². The van der Waals surface area contributed by atoms with Crippen LogP contribution in [0, 0.1) is 5.92 Å². The molecule has 1 N–H and O–H groups in total. The van der Waals surface area contributed by atoms with Crippen molar-refractivity contribution in [3.8, 4) is 0 Å². The van der Waals surface area contributed by atoms with Crippen molar-refractivity contribution in [3.05, 3.63) is 11.8 Å². The van der Waals surface area contributed by atoms with Crippen molar-refractivity contribution in [1.29, 1.82) is 0 Å². The molecule has 0 aromatic heterocycles. The average molecular weight is 209 g/mol. The average Bonchev–Trinajstić information content (AvgIpc) is 2.31. The first-order valence-electron chi connectivity index (χ1n) is 6.79. The van der Waals surface area contributed by atoms with Gasteiger partial charge in [0.2, 0.25) is 0 Å². The van der Waals surface area contributed by atoms with E-state index in [1.807, 2.05) is 0 Å². The van der Waals surface area contributed by atoms with Crippen LogP contribution in [0.3, 0.4) is 0 Å². The van der Waals surface area contributed by atoms with Crippen molar-refractivity contribution in [1.82, 2.24) is 5.32 Å². The molecule has 1 unspecified atom stereocenters. The number of nitrogens with one attached hydrogen (secondary N) is 1. The molecule has 0 saturated carbocycles. The Morgan fingerprint density at radius 3 is 2.80 bits per heavy atom. The first-order chi connectivity index (χ1) is 7.36. The summed E-state index contributed by atoms with van der Waals surface area (Å²) in [7, 11) is 0. The highest BCUT2D eigenvalue weighted by Crippen LogP contribution is 2.17. The Morgan fingerprint density at radius 1 is 1.33 bits per heavy atom. The highest BCUT2D eigenvalue weighted by atomic mass is 14.9. The lowest BCUT2D eigenvalue weighted by Gasteiger charge is -2.20. The van der Waals surface area contributed by atoms with Crippen LogP contribution in [0.4, 0.5) is 0 Å². The summed E-state index contributed by atoms with van der Waals surface area (Å²) in [5, 5.41) is 3.64. The van der Waals surface area contributed by atoms with Gasteiger partial charge in [-0.05, 0) is 38.0 Å². The summed E-state index contributed by atoms with van der Waals surface area (Å²) in [5.74, 6) is 0.882. The lowest BCUT2D eigenvalue weighted by Crippen LogP contribution is -2.23. The predicted molar refractivity (Wildman–Crippen MR) is 67.9 cm³/mol. The minimum absolute atomic E-state index is 0.882. The van der Waals surface area contributed by atoms with Gasteiger partial charge in [0.05, 0.1) is 0 Å². The van der Waals surface area contributed by atoms with Gasteiger partial charge in [-0.15, -0.1) is 0 Å². The first kappa shape index (κ1) is 12.6. The number of allylic oxidation sites excluding steroid dienone is 2. The van der Waals surface area contributed by atoms with Gasteiger partial charge in [-0.2, -0.15) is 0 Å². The van der Waals surface area contributed by atoms with Crippen LogP contribution in [0.1, 0.15) is 65.2 Å². The summed E-state index contributed by atoms with van der Waals surface area (Å²) < 4.78 is 0. The number of rotatable bonds is 7. The van der Waals surface area contributed by atoms with Crippen molar-refractivity contribution in [3.63, 3.8) is 0 Å². The second kappa shape index (κ2) is 7.78. The van der Waals surface area contributed by atoms with Gasteiger partial charge in [0.25, 0.3) is 0 Å². The normalized spacial score (nSPS) is 18.4. The molecule has 1 heteroatoms. The standard InChI is InChI=1S/C14H27N/c1-3-5-9-13(4-2)12-15-14-10-7-6-8-11-14/h10,13,15H,3-9,11-12H2,1-2H3. The monoisotopic (exact) mass is 209 g/mol. The molecule has 15 heavy (non-hydrogen) atoms. The van der Waals surface area contributed by atoms with E-state index in [2.05, 4.69) is 25.2 Å². The largest absolute Gasteiger partial charge is 0.388 e. The zero-order valence-electron chi connectivity index (χ0n) is 10.5. The van der Waals surface area contributed by atoms with Crippen LogP contribution in [0.5, 0.6) is 0 Å². The van der Waals surface area contributed by atoms with Crippen LogP contribution in [-0.2, 0) is 0 Å². The topological polar surface area (TPSA) is 12.0 Å². The number of hydrogen-bond acceptors (Lipinski definition) is 1. The smallest absolute Gasteiger partial charge is 0.0172 e. The summed E-state index contributed by atoms with van der Waals surface area (Å²) in [4.78, 5) is 0. The van der Waals surface area contributed by atoms with Gasteiger partial charge in [-0.3, -0.25) is 0 Å². The SMILES string of the molecule is CCCCC(CC)CNC1=CCCCC1. The summed E-state index contributed by atoms with van der Waals surface area (Å²) in [6, 6.07) is 0. The summed E-state index contributed by atoms with van der Waals surface area (Å²) >= 11 is 0. The van der Waals surface area contributed by atoms with Gasteiger partial charge in [0, 0.05) is 12.2 Å². The molecule has 0 aromatic rings. The van der Waals surface area contributed by atoms with Crippen molar-refractivity contribution in [2.24, 2.45) is 5.92 Å². The molecule has 0 heterocycles. The first-order valence-corrected chi connectivity index (χ1v) is 6.79. The molecule has 0 radical (unpaired) electrons. The molecule has 0 fully saturated rings. The molecular weight excluding hydrogens is 182 g/mol. The van der Waals surface area contributed by atoms with Crippen LogP contribution >= 0.6 is 0 Å². The molecule has 1 rings (SSSR count). The fourth-order valence-corrected chi connectivity index (χ4v) is 2.22. The minimum atomic E-state index is 0.882. The highest BCUT2D eigenvalue weighted by Gasteiger charge is 2.07. The van der Waals surface area contributed by atoms with Crippen LogP contribution in [-0.4, -0.2) is 6.54 Å². The fourth-order valence-electron chi connectivity index (χ4n) is 2.22. The quantitative estimate of drug-likeness (QED) is 0.661. The summed E-state index contributed by atoms with van der Waals surface area (Å²) in [6.07, 6.45) is 13.2. The Balaban J connectivity index is 2.17. The maximum atomic E-state index is 3.64. The van der Waals surface area contributed by atoms with Gasteiger partial charge in [0.1, 0.15) is 0 Å². The van der Waals surface area contributed by atoms with Crippen molar-refractivity contribution in [2.75, 3.05) is 6.54 Å². The van der Waals surface area contributed by atoms with Gasteiger partial charge >= 0.3 is 0 Å². The van der Waals surface area contributed by atoms with E-state index < -0.39 is 0 Å². The molecule has 0 aliphatic heterocycles. The van der Waals surface area contributed by atoms with Gasteiger partial charge in [-0.1, -0.05) is 39.2 Å². The van der Waals surface area contributed by atoms with Crippen LogP contribution < -0.4 is 5.32 Å². The molecule has 0 aromatic carbocycles. The van der Waals surface area contributed by atoms with E-state index in [4.69, 9.17) is 0 Å². The third-order valence-electron chi connectivity index (χ3n) is 3.45. The minimum Gasteiger partial charge on any atom is -0.388 e. The molecule has 0 spiro atoms. The Hall–Kier alpha value is -0.460. The van der Waals surface area contributed by atoms with E-state index in [-0.39, 0.29) is 0 Å². The van der Waals surface area contributed by atoms with E-state index in [1.54, 1.807) is 0 Å². The molecule has 0 amide bonds. The van der Waals surface area contributed by atoms with Crippen molar-refractivity contribution >= 4 is 0 Å². The van der Waals surface area contributed by atoms with E-state index in [0.29, 0.717) is 0 Å². The molecule has 0 bridgehead atoms. The zero-order chi connectivity index (χ0) is 10.9. The van der Waals surface area contributed by atoms with Gasteiger partial charge in [-0.25, -0.2) is 0 Å². The third kappa shape index (κ3) is 5.25. The molecular formula is C14H27N. The van der Waals surface area contributed by atoms with Gasteiger partial charge in [0.15, 0.2) is 0 Å². The van der Waals surface area contributed by atoms with Crippen LogP contribution in [0.25, 0.3) is 0 Å². The summed E-state index contributed by atoms with van der Waals surface area (Å²) in [6.45, 7) is 5.80. The lowest BCUT2D eigenvalue weighted by molar-refractivity contribution is 0.429. The fraction of sp³-hybridized carbons (Fsp3) is 0.857. The molecule has 1 aliphatic carbocycles. The summed E-state index contributed by atoms with van der Waals surface area (Å²) in [5.41, 5.74) is 1.51. The van der Waals surface area contributed by atoms with Crippen LogP contribution in [0.15, 0.2) is 11.8 Å². The molecule has 0 saturated heterocycles. The number of unbranched alkanes of at least 4 members (excludes halogenated alkanes) is 1. The van der Waals surface area contributed by atoms with Gasteiger partial charge < -0.3 is 5.32 Å².